The molecule has 0 spiro atoms. The molecule has 0 atom stereocenters. The predicted molar refractivity (Wildman–Crippen MR) is 76.3 cm³/mol. The van der Waals surface area contributed by atoms with E-state index in [2.05, 4.69) is 10.1 Å². The zero-order valence-electron chi connectivity index (χ0n) is 10.3. The Morgan fingerprint density at radius 2 is 2.00 bits per heavy atom. The molecular weight excluding hydrogens is 285 g/mol. The number of hydrogen-bond acceptors (Lipinski definition) is 4. The van der Waals surface area contributed by atoms with Gasteiger partial charge < -0.3 is 10.3 Å². The van der Waals surface area contributed by atoms with E-state index in [1.165, 1.54) is 0 Å². The summed E-state index contributed by atoms with van der Waals surface area (Å²) in [5.74, 6) is 1.08. The molecule has 1 aliphatic carbocycles. The van der Waals surface area contributed by atoms with Gasteiger partial charge in [-0.05, 0) is 31.0 Å². The fourth-order valence-corrected chi connectivity index (χ4v) is 2.58. The van der Waals surface area contributed by atoms with Gasteiger partial charge in [-0.3, -0.25) is 0 Å². The molecule has 1 aromatic heterocycles. The van der Waals surface area contributed by atoms with Gasteiger partial charge in [0.25, 0.3) is 5.89 Å². The number of nitrogens with two attached hydrogens (primary N) is 1. The standard InChI is InChI=1S/C13H14ClN3O.ClH/c14-10-5-3-4-9(8-10)11-16-12(17-18-11)13(15)6-1-2-7-13;/h3-5,8H,1-2,6-7,15H2;1H. The van der Waals surface area contributed by atoms with Crippen LogP contribution in [0, 0.1) is 0 Å². The molecule has 3 rings (SSSR count). The first-order valence-electron chi connectivity index (χ1n) is 6.06. The van der Waals surface area contributed by atoms with Crippen LogP contribution in [0.1, 0.15) is 31.5 Å². The molecule has 1 aromatic carbocycles. The van der Waals surface area contributed by atoms with E-state index in [4.69, 9.17) is 21.9 Å². The van der Waals surface area contributed by atoms with Crippen molar-refractivity contribution in [1.29, 1.82) is 0 Å². The quantitative estimate of drug-likeness (QED) is 0.921. The van der Waals surface area contributed by atoms with Crippen LogP contribution < -0.4 is 5.73 Å². The van der Waals surface area contributed by atoms with Gasteiger partial charge in [-0.2, -0.15) is 4.98 Å². The Morgan fingerprint density at radius 3 is 2.68 bits per heavy atom. The Balaban J connectivity index is 0.00000133. The topological polar surface area (TPSA) is 64.9 Å². The lowest BCUT2D eigenvalue weighted by Crippen LogP contribution is -2.34. The molecule has 1 heterocycles. The fraction of sp³-hybridized carbons (Fsp3) is 0.385. The van der Waals surface area contributed by atoms with Crippen molar-refractivity contribution >= 4 is 24.0 Å². The maximum Gasteiger partial charge on any atom is 0.258 e. The van der Waals surface area contributed by atoms with Gasteiger partial charge in [0.05, 0.1) is 5.54 Å². The maximum absolute atomic E-state index is 6.29. The molecule has 6 heteroatoms. The summed E-state index contributed by atoms with van der Waals surface area (Å²) in [6.07, 6.45) is 4.08. The number of aromatic nitrogens is 2. The fourth-order valence-electron chi connectivity index (χ4n) is 2.39. The highest BCUT2D eigenvalue weighted by Crippen LogP contribution is 2.35. The van der Waals surface area contributed by atoms with Crippen molar-refractivity contribution in [3.63, 3.8) is 0 Å². The van der Waals surface area contributed by atoms with Crippen LogP contribution in [0.5, 0.6) is 0 Å². The first kappa shape index (κ1) is 14.3. The Bertz CT molecular complexity index is 565. The summed E-state index contributed by atoms with van der Waals surface area (Å²) in [5, 5.41) is 4.67. The lowest BCUT2D eigenvalue weighted by Gasteiger charge is -2.17. The zero-order chi connectivity index (χ0) is 12.6. The second-order valence-corrected chi connectivity index (χ2v) is 5.23. The second kappa shape index (κ2) is 5.49. The number of benzene rings is 1. The number of rotatable bonds is 2. The Hall–Kier alpha value is -1.10. The van der Waals surface area contributed by atoms with Crippen LogP contribution in [0.3, 0.4) is 0 Å². The van der Waals surface area contributed by atoms with E-state index in [0.29, 0.717) is 16.7 Å². The van der Waals surface area contributed by atoms with E-state index in [9.17, 15) is 0 Å². The molecule has 1 fully saturated rings. The van der Waals surface area contributed by atoms with Crippen LogP contribution >= 0.6 is 24.0 Å². The molecule has 0 unspecified atom stereocenters. The molecule has 0 aliphatic heterocycles. The highest BCUT2D eigenvalue weighted by molar-refractivity contribution is 6.30. The van der Waals surface area contributed by atoms with Crippen LogP contribution in [-0.2, 0) is 5.54 Å². The molecule has 4 nitrogen and oxygen atoms in total. The minimum Gasteiger partial charge on any atom is -0.334 e. The monoisotopic (exact) mass is 299 g/mol. The summed E-state index contributed by atoms with van der Waals surface area (Å²) in [6.45, 7) is 0. The molecule has 0 saturated heterocycles. The van der Waals surface area contributed by atoms with Gasteiger partial charge in [0.1, 0.15) is 0 Å². The Labute approximate surface area is 122 Å². The molecular formula is C13H15Cl2N3O. The van der Waals surface area contributed by atoms with Crippen LogP contribution in [0.2, 0.25) is 5.02 Å². The van der Waals surface area contributed by atoms with Gasteiger partial charge in [-0.25, -0.2) is 0 Å². The number of halogens is 2. The first-order valence-corrected chi connectivity index (χ1v) is 6.44. The molecule has 19 heavy (non-hydrogen) atoms. The summed E-state index contributed by atoms with van der Waals surface area (Å²) in [5.41, 5.74) is 6.70. The minimum atomic E-state index is -0.416. The molecule has 1 aliphatic rings. The van der Waals surface area contributed by atoms with Gasteiger partial charge in [0.2, 0.25) is 0 Å². The average Bonchev–Trinajstić information content (AvgIpc) is 2.98. The summed E-state index contributed by atoms with van der Waals surface area (Å²) in [4.78, 5) is 4.41. The lowest BCUT2D eigenvalue weighted by molar-refractivity contribution is 0.372. The van der Waals surface area contributed by atoms with Crippen molar-refractivity contribution in [1.82, 2.24) is 10.1 Å². The molecule has 102 valence electrons. The smallest absolute Gasteiger partial charge is 0.258 e. The van der Waals surface area contributed by atoms with Crippen molar-refractivity contribution in [2.75, 3.05) is 0 Å². The average molecular weight is 300 g/mol. The van der Waals surface area contributed by atoms with Gasteiger partial charge in [-0.15, -0.1) is 12.4 Å². The number of nitrogens with zero attached hydrogens (tertiary/aromatic N) is 2. The highest BCUT2D eigenvalue weighted by Gasteiger charge is 2.36. The van der Waals surface area contributed by atoms with Gasteiger partial charge in [-0.1, -0.05) is 35.7 Å². The summed E-state index contributed by atoms with van der Waals surface area (Å²) in [7, 11) is 0. The Kier molecular flexibility index (Phi) is 4.13. The molecule has 0 bridgehead atoms. The highest BCUT2D eigenvalue weighted by atomic mass is 35.5. The van der Waals surface area contributed by atoms with Crippen molar-refractivity contribution in [3.8, 4) is 11.5 Å². The second-order valence-electron chi connectivity index (χ2n) is 4.80. The summed E-state index contributed by atoms with van der Waals surface area (Å²) < 4.78 is 5.28. The van der Waals surface area contributed by atoms with Crippen LogP contribution in [-0.4, -0.2) is 10.1 Å². The van der Waals surface area contributed by atoms with Gasteiger partial charge in [0.15, 0.2) is 5.82 Å². The van der Waals surface area contributed by atoms with Gasteiger partial charge >= 0.3 is 0 Å². The normalized spacial score (nSPS) is 17.2. The van der Waals surface area contributed by atoms with E-state index >= 15 is 0 Å². The minimum absolute atomic E-state index is 0. The third-order valence-corrected chi connectivity index (χ3v) is 3.67. The zero-order valence-corrected chi connectivity index (χ0v) is 11.9. The van der Waals surface area contributed by atoms with Crippen LogP contribution in [0.25, 0.3) is 11.5 Å². The van der Waals surface area contributed by atoms with E-state index in [1.54, 1.807) is 6.07 Å². The van der Waals surface area contributed by atoms with E-state index < -0.39 is 5.54 Å². The maximum atomic E-state index is 6.29. The SMILES string of the molecule is Cl.NC1(c2noc(-c3cccc(Cl)c3)n2)CCCC1. The third kappa shape index (κ3) is 2.76. The predicted octanol–water partition coefficient (Wildman–Crippen LogP) is 3.54. The van der Waals surface area contributed by atoms with Crippen LogP contribution in [0.15, 0.2) is 28.8 Å². The molecule has 1 saturated carbocycles. The molecule has 0 amide bonds. The van der Waals surface area contributed by atoms with Crippen molar-refractivity contribution in [2.45, 2.75) is 31.2 Å². The number of hydrogen-bond donors (Lipinski definition) is 1. The summed E-state index contributed by atoms with van der Waals surface area (Å²) in [6, 6.07) is 7.36. The van der Waals surface area contributed by atoms with Crippen molar-refractivity contribution in [2.24, 2.45) is 5.73 Å². The van der Waals surface area contributed by atoms with E-state index in [1.807, 2.05) is 18.2 Å². The third-order valence-electron chi connectivity index (χ3n) is 3.44. The van der Waals surface area contributed by atoms with E-state index in [-0.39, 0.29) is 12.4 Å². The van der Waals surface area contributed by atoms with Crippen molar-refractivity contribution < 1.29 is 4.52 Å². The molecule has 2 aromatic rings. The Morgan fingerprint density at radius 1 is 1.26 bits per heavy atom. The molecule has 0 radical (unpaired) electrons. The molecule has 2 N–H and O–H groups in total. The van der Waals surface area contributed by atoms with E-state index in [0.717, 1.165) is 31.2 Å². The van der Waals surface area contributed by atoms with Crippen LogP contribution in [0.4, 0.5) is 0 Å². The first-order chi connectivity index (χ1) is 8.67. The largest absolute Gasteiger partial charge is 0.334 e. The van der Waals surface area contributed by atoms with Gasteiger partial charge in [0, 0.05) is 10.6 Å². The lowest BCUT2D eigenvalue weighted by atomic mass is 9.99. The summed E-state index contributed by atoms with van der Waals surface area (Å²) >= 11 is 5.94. The van der Waals surface area contributed by atoms with Crippen molar-refractivity contribution in [3.05, 3.63) is 35.1 Å².